The smallest absolute Gasteiger partial charge is 0.409 e. The third-order valence-electron chi connectivity index (χ3n) is 6.61. The molecule has 0 atom stereocenters. The normalized spacial score (nSPS) is 24.2. The highest BCUT2D eigenvalue weighted by Gasteiger charge is 2.38. The molecule has 0 bridgehead atoms. The summed E-state index contributed by atoms with van der Waals surface area (Å²) >= 11 is 2.08. The number of hydrogen-bond donors (Lipinski definition) is 2. The van der Waals surface area contributed by atoms with E-state index >= 15 is 0 Å². The van der Waals surface area contributed by atoms with Crippen LogP contribution in [0.2, 0.25) is 0 Å². The summed E-state index contributed by atoms with van der Waals surface area (Å²) in [6, 6.07) is 0.349. The van der Waals surface area contributed by atoms with E-state index in [0.717, 1.165) is 45.0 Å². The molecule has 3 rings (SSSR count). The average molecular weight is 426 g/mol. The number of likely N-dealkylation sites (tertiary alicyclic amines) is 1. The molecule has 2 N–H and O–H groups in total. The molecule has 29 heavy (non-hydrogen) atoms. The van der Waals surface area contributed by atoms with Gasteiger partial charge in [0, 0.05) is 55.8 Å². The number of methoxy groups -OCH3 is 1. The first-order valence-electron chi connectivity index (χ1n) is 11.4. The van der Waals surface area contributed by atoms with Crippen LogP contribution in [0, 0.1) is 0 Å². The maximum absolute atomic E-state index is 11.7. The minimum Gasteiger partial charge on any atom is -0.453 e. The number of thioether (sulfide) groups is 1. The predicted molar refractivity (Wildman–Crippen MR) is 121 cm³/mol. The Morgan fingerprint density at radius 1 is 1.14 bits per heavy atom. The lowest BCUT2D eigenvalue weighted by molar-refractivity contribution is 0.0671. The van der Waals surface area contributed by atoms with E-state index in [4.69, 9.17) is 9.73 Å². The largest absolute Gasteiger partial charge is 0.453 e. The molecule has 3 fully saturated rings. The Bertz CT molecular complexity index is 539. The minimum absolute atomic E-state index is 0.219. The minimum atomic E-state index is -0.219. The van der Waals surface area contributed by atoms with Gasteiger partial charge in [0.2, 0.25) is 0 Å². The fourth-order valence-corrected chi connectivity index (χ4v) is 5.80. The van der Waals surface area contributed by atoms with Gasteiger partial charge in [-0.1, -0.05) is 19.3 Å². The molecule has 7 nitrogen and oxygen atoms in total. The van der Waals surface area contributed by atoms with Gasteiger partial charge in [0.1, 0.15) is 0 Å². The number of rotatable bonds is 5. The standard InChI is InChI=1S/C21H39N5O2S/c1-3-22-19(24-18-7-11-25(12-8-18)20(27)28-2)23-17-21(9-5-4-6-10-21)26-13-15-29-16-14-26/h18H,3-17H2,1-2H3,(H2,22,23,24). The third-order valence-corrected chi connectivity index (χ3v) is 7.55. The molecule has 1 saturated carbocycles. The van der Waals surface area contributed by atoms with E-state index < -0.39 is 0 Å². The van der Waals surface area contributed by atoms with Gasteiger partial charge in [0.05, 0.1) is 13.7 Å². The quantitative estimate of drug-likeness (QED) is 0.521. The first kappa shape index (κ1) is 22.5. The van der Waals surface area contributed by atoms with E-state index in [2.05, 4.69) is 34.2 Å². The molecule has 3 aliphatic rings. The molecule has 0 aromatic rings. The molecule has 0 unspecified atom stereocenters. The molecule has 0 aromatic carbocycles. The van der Waals surface area contributed by atoms with Crippen molar-refractivity contribution in [3.63, 3.8) is 0 Å². The van der Waals surface area contributed by atoms with Crippen LogP contribution in [0.3, 0.4) is 0 Å². The Morgan fingerprint density at radius 3 is 2.45 bits per heavy atom. The van der Waals surface area contributed by atoms with Crippen LogP contribution in [0.25, 0.3) is 0 Å². The zero-order valence-corrected chi connectivity index (χ0v) is 19.1. The van der Waals surface area contributed by atoms with Crippen LogP contribution < -0.4 is 10.6 Å². The topological polar surface area (TPSA) is 69.2 Å². The summed E-state index contributed by atoms with van der Waals surface area (Å²) in [6.45, 7) is 7.74. The summed E-state index contributed by atoms with van der Waals surface area (Å²) in [6.07, 6.45) is 8.20. The molecule has 1 aliphatic carbocycles. The van der Waals surface area contributed by atoms with Crippen LogP contribution in [0.5, 0.6) is 0 Å². The van der Waals surface area contributed by atoms with Gasteiger partial charge in [-0.15, -0.1) is 0 Å². The molecular weight excluding hydrogens is 386 g/mol. The van der Waals surface area contributed by atoms with Crippen molar-refractivity contribution in [3.8, 4) is 0 Å². The van der Waals surface area contributed by atoms with E-state index in [9.17, 15) is 4.79 Å². The fourth-order valence-electron chi connectivity index (χ4n) is 4.90. The third kappa shape index (κ3) is 6.17. The Labute approximate surface area is 180 Å². The van der Waals surface area contributed by atoms with Gasteiger partial charge in [-0.3, -0.25) is 9.89 Å². The fraction of sp³-hybridized carbons (Fsp3) is 0.905. The molecule has 0 radical (unpaired) electrons. The lowest BCUT2D eigenvalue weighted by Crippen LogP contribution is -2.56. The first-order valence-corrected chi connectivity index (χ1v) is 12.5. The van der Waals surface area contributed by atoms with Crippen molar-refractivity contribution in [2.45, 2.75) is 63.5 Å². The number of guanidine groups is 1. The van der Waals surface area contributed by atoms with E-state index in [1.807, 2.05) is 0 Å². The molecule has 166 valence electrons. The molecule has 0 aromatic heterocycles. The molecule has 0 spiro atoms. The lowest BCUT2D eigenvalue weighted by atomic mass is 9.80. The molecule has 8 heteroatoms. The molecule has 2 saturated heterocycles. The van der Waals surface area contributed by atoms with Crippen molar-refractivity contribution in [1.82, 2.24) is 20.4 Å². The van der Waals surface area contributed by atoms with Gasteiger partial charge in [0.25, 0.3) is 0 Å². The predicted octanol–water partition coefficient (Wildman–Crippen LogP) is 2.52. The Balaban J connectivity index is 1.60. The van der Waals surface area contributed by atoms with Gasteiger partial charge in [0.15, 0.2) is 5.96 Å². The van der Waals surface area contributed by atoms with Crippen molar-refractivity contribution in [2.75, 3.05) is 57.9 Å². The van der Waals surface area contributed by atoms with Crippen LogP contribution >= 0.6 is 11.8 Å². The second-order valence-corrected chi connectivity index (χ2v) is 9.68. The summed E-state index contributed by atoms with van der Waals surface area (Å²) in [4.78, 5) is 21.3. The highest BCUT2D eigenvalue weighted by molar-refractivity contribution is 7.99. The monoisotopic (exact) mass is 425 g/mol. The summed E-state index contributed by atoms with van der Waals surface area (Å²) < 4.78 is 4.84. The van der Waals surface area contributed by atoms with E-state index in [-0.39, 0.29) is 11.6 Å². The number of hydrogen-bond acceptors (Lipinski definition) is 5. The van der Waals surface area contributed by atoms with Crippen molar-refractivity contribution >= 4 is 23.8 Å². The van der Waals surface area contributed by atoms with Gasteiger partial charge >= 0.3 is 6.09 Å². The summed E-state index contributed by atoms with van der Waals surface area (Å²) in [5, 5.41) is 7.08. The molecule has 1 amide bonds. The van der Waals surface area contributed by atoms with E-state index in [1.165, 1.54) is 63.8 Å². The number of carbonyl (C=O) groups excluding carboxylic acids is 1. The zero-order chi connectivity index (χ0) is 20.5. The van der Waals surface area contributed by atoms with Crippen LogP contribution in [0.1, 0.15) is 51.9 Å². The number of ether oxygens (including phenoxy) is 1. The maximum Gasteiger partial charge on any atom is 0.409 e. The summed E-state index contributed by atoms with van der Waals surface area (Å²) in [5.41, 5.74) is 0.246. The number of nitrogens with zero attached hydrogens (tertiary/aromatic N) is 3. The number of nitrogens with one attached hydrogen (secondary N) is 2. The van der Waals surface area contributed by atoms with Crippen LogP contribution in [0.4, 0.5) is 4.79 Å². The highest BCUT2D eigenvalue weighted by Crippen LogP contribution is 2.35. The lowest BCUT2D eigenvalue weighted by Gasteiger charge is -2.47. The summed E-state index contributed by atoms with van der Waals surface area (Å²) in [7, 11) is 1.45. The van der Waals surface area contributed by atoms with Gasteiger partial charge in [-0.2, -0.15) is 11.8 Å². The van der Waals surface area contributed by atoms with Crippen molar-refractivity contribution in [2.24, 2.45) is 4.99 Å². The second kappa shape index (κ2) is 11.3. The number of aliphatic imine (C=N–C) groups is 1. The molecule has 2 heterocycles. The second-order valence-electron chi connectivity index (χ2n) is 8.46. The highest BCUT2D eigenvalue weighted by atomic mass is 32.2. The number of carbonyl (C=O) groups is 1. The number of amides is 1. The van der Waals surface area contributed by atoms with Crippen LogP contribution in [0.15, 0.2) is 4.99 Å². The number of piperidine rings is 1. The molecule has 2 aliphatic heterocycles. The first-order chi connectivity index (χ1) is 14.2. The van der Waals surface area contributed by atoms with Gasteiger partial charge < -0.3 is 20.3 Å². The van der Waals surface area contributed by atoms with E-state index in [0.29, 0.717) is 6.04 Å². The van der Waals surface area contributed by atoms with Gasteiger partial charge in [-0.25, -0.2) is 4.79 Å². The summed E-state index contributed by atoms with van der Waals surface area (Å²) in [5.74, 6) is 3.44. The van der Waals surface area contributed by atoms with Crippen molar-refractivity contribution in [1.29, 1.82) is 0 Å². The van der Waals surface area contributed by atoms with Crippen molar-refractivity contribution < 1.29 is 9.53 Å². The molecular formula is C21H39N5O2S. The Kier molecular flexibility index (Phi) is 8.78. The van der Waals surface area contributed by atoms with E-state index in [1.54, 1.807) is 4.90 Å². The maximum atomic E-state index is 11.7. The SMILES string of the molecule is CCNC(=NCC1(N2CCSCC2)CCCCC1)NC1CCN(C(=O)OC)CC1. The Hall–Kier alpha value is -1.15. The average Bonchev–Trinajstić information content (AvgIpc) is 2.79. The zero-order valence-electron chi connectivity index (χ0n) is 18.3. The van der Waals surface area contributed by atoms with Crippen molar-refractivity contribution in [3.05, 3.63) is 0 Å². The van der Waals surface area contributed by atoms with Crippen LogP contribution in [-0.2, 0) is 4.74 Å². The van der Waals surface area contributed by atoms with Gasteiger partial charge in [-0.05, 0) is 32.6 Å². The Morgan fingerprint density at radius 2 is 1.83 bits per heavy atom. The van der Waals surface area contributed by atoms with Crippen LogP contribution in [-0.4, -0.2) is 91.3 Å².